The Hall–Kier alpha value is -3.58. The Morgan fingerprint density at radius 3 is 2.33 bits per heavy atom. The van der Waals surface area contributed by atoms with Gasteiger partial charge in [0.25, 0.3) is 5.69 Å². The molecule has 1 atom stereocenters. The highest BCUT2D eigenvalue weighted by atomic mass is 19.1. The van der Waals surface area contributed by atoms with Crippen molar-refractivity contribution in [3.8, 4) is 0 Å². The number of likely N-dealkylation sites (N-methyl/N-ethyl adjacent to an activating group) is 1. The Labute approximate surface area is 174 Å². The summed E-state index contributed by atoms with van der Waals surface area (Å²) in [5.74, 6) is -0.717. The largest absolute Gasteiger partial charge is 0.319 e. The second-order valence-corrected chi connectivity index (χ2v) is 7.11. The maximum absolute atomic E-state index is 13.4. The molecule has 3 aromatic rings. The van der Waals surface area contributed by atoms with Crippen LogP contribution >= 0.6 is 0 Å². The molecule has 0 spiro atoms. The van der Waals surface area contributed by atoms with Gasteiger partial charge in [0.1, 0.15) is 11.5 Å². The normalized spacial score (nSPS) is 11.9. The van der Waals surface area contributed by atoms with E-state index in [9.17, 15) is 19.3 Å². The van der Waals surface area contributed by atoms with E-state index < -0.39 is 4.92 Å². The molecule has 0 saturated carbocycles. The van der Waals surface area contributed by atoms with E-state index in [0.717, 1.165) is 16.7 Å². The van der Waals surface area contributed by atoms with Crippen LogP contribution in [0.2, 0.25) is 0 Å². The van der Waals surface area contributed by atoms with Gasteiger partial charge in [-0.2, -0.15) is 0 Å². The first kappa shape index (κ1) is 21.1. The maximum atomic E-state index is 13.4. The van der Waals surface area contributed by atoms with E-state index in [1.54, 1.807) is 32.2 Å². The highest BCUT2D eigenvalue weighted by Crippen LogP contribution is 2.29. The van der Waals surface area contributed by atoms with Crippen molar-refractivity contribution in [3.63, 3.8) is 0 Å². The molecule has 0 heterocycles. The van der Waals surface area contributed by atoms with Gasteiger partial charge in [0.05, 0.1) is 17.5 Å². The molecule has 0 fully saturated rings. The molecular formula is C23H22FN3O3. The zero-order chi connectivity index (χ0) is 21.7. The number of hydrogen-bond donors (Lipinski definition) is 1. The monoisotopic (exact) mass is 407 g/mol. The number of anilines is 1. The summed E-state index contributed by atoms with van der Waals surface area (Å²) in [6.07, 6.45) is 0. The molecule has 1 amide bonds. The number of rotatable bonds is 7. The quantitative estimate of drug-likeness (QED) is 0.455. The summed E-state index contributed by atoms with van der Waals surface area (Å²) in [4.78, 5) is 25.3. The lowest BCUT2D eigenvalue weighted by molar-refractivity contribution is -0.384. The fourth-order valence-corrected chi connectivity index (χ4v) is 3.39. The van der Waals surface area contributed by atoms with Gasteiger partial charge in [-0.15, -0.1) is 0 Å². The lowest BCUT2D eigenvalue weighted by atomic mass is 9.97. The number of nitro groups is 1. The Morgan fingerprint density at radius 2 is 1.70 bits per heavy atom. The third kappa shape index (κ3) is 5.07. The van der Waals surface area contributed by atoms with Crippen LogP contribution in [0.15, 0.2) is 72.8 Å². The van der Waals surface area contributed by atoms with Crippen LogP contribution in [0.1, 0.15) is 22.7 Å². The second kappa shape index (κ2) is 9.28. The molecule has 3 aromatic carbocycles. The number of nitro benzene ring substituents is 1. The molecule has 30 heavy (non-hydrogen) atoms. The summed E-state index contributed by atoms with van der Waals surface area (Å²) in [5.41, 5.74) is 2.52. The first-order valence-electron chi connectivity index (χ1n) is 9.40. The standard InChI is InChI=1S/C23H22FN3O3/c1-16-8-13-20(21(14-16)27(29)30)25-22(28)15-26(2)23(17-6-4-3-5-7-17)18-9-11-19(24)12-10-18/h3-14,23H,15H2,1-2H3,(H,25,28). The number of halogens is 1. The number of nitrogens with one attached hydrogen (secondary N) is 1. The Balaban J connectivity index is 1.82. The molecule has 6 nitrogen and oxygen atoms in total. The average molecular weight is 407 g/mol. The van der Waals surface area contributed by atoms with Gasteiger partial charge < -0.3 is 5.32 Å². The molecule has 0 aliphatic heterocycles. The van der Waals surface area contributed by atoms with Crippen LogP contribution in [-0.2, 0) is 4.79 Å². The zero-order valence-electron chi connectivity index (χ0n) is 16.7. The highest BCUT2D eigenvalue weighted by molar-refractivity contribution is 5.94. The van der Waals surface area contributed by atoms with Crippen molar-refractivity contribution in [1.29, 1.82) is 0 Å². The molecule has 0 aliphatic carbocycles. The van der Waals surface area contributed by atoms with Crippen molar-refractivity contribution >= 4 is 17.3 Å². The number of amides is 1. The predicted molar refractivity (Wildman–Crippen MR) is 114 cm³/mol. The first-order chi connectivity index (χ1) is 14.3. The summed E-state index contributed by atoms with van der Waals surface area (Å²) < 4.78 is 13.4. The summed E-state index contributed by atoms with van der Waals surface area (Å²) in [5, 5.41) is 13.9. The van der Waals surface area contributed by atoms with Crippen LogP contribution in [0, 0.1) is 22.9 Å². The van der Waals surface area contributed by atoms with Gasteiger partial charge in [0.15, 0.2) is 0 Å². The van der Waals surface area contributed by atoms with Gasteiger partial charge in [0.2, 0.25) is 5.91 Å². The van der Waals surface area contributed by atoms with Gasteiger partial charge in [-0.25, -0.2) is 4.39 Å². The molecule has 0 aromatic heterocycles. The second-order valence-electron chi connectivity index (χ2n) is 7.11. The Bertz CT molecular complexity index is 1040. The third-order valence-corrected chi connectivity index (χ3v) is 4.76. The fourth-order valence-electron chi connectivity index (χ4n) is 3.39. The van der Waals surface area contributed by atoms with Crippen LogP contribution < -0.4 is 5.32 Å². The third-order valence-electron chi connectivity index (χ3n) is 4.76. The Kier molecular flexibility index (Phi) is 6.54. The van der Waals surface area contributed by atoms with Gasteiger partial charge in [-0.05, 0) is 48.9 Å². The molecule has 0 radical (unpaired) electrons. The van der Waals surface area contributed by atoms with Crippen molar-refractivity contribution in [2.45, 2.75) is 13.0 Å². The number of nitrogens with zero attached hydrogens (tertiary/aromatic N) is 2. The van der Waals surface area contributed by atoms with Gasteiger partial charge >= 0.3 is 0 Å². The van der Waals surface area contributed by atoms with E-state index in [2.05, 4.69) is 5.32 Å². The van der Waals surface area contributed by atoms with Crippen LogP contribution in [0.5, 0.6) is 0 Å². The zero-order valence-corrected chi connectivity index (χ0v) is 16.7. The maximum Gasteiger partial charge on any atom is 0.293 e. The van der Waals surface area contributed by atoms with E-state index in [1.807, 2.05) is 35.2 Å². The van der Waals surface area contributed by atoms with E-state index in [0.29, 0.717) is 0 Å². The van der Waals surface area contributed by atoms with Gasteiger partial charge in [-0.1, -0.05) is 48.5 Å². The van der Waals surface area contributed by atoms with Crippen molar-refractivity contribution < 1.29 is 14.1 Å². The van der Waals surface area contributed by atoms with E-state index in [4.69, 9.17) is 0 Å². The summed E-state index contributed by atoms with van der Waals surface area (Å²) in [6.45, 7) is 1.74. The molecule has 1 unspecified atom stereocenters. The summed E-state index contributed by atoms with van der Waals surface area (Å²) >= 11 is 0. The predicted octanol–water partition coefficient (Wildman–Crippen LogP) is 4.70. The van der Waals surface area contributed by atoms with Crippen molar-refractivity contribution in [2.75, 3.05) is 18.9 Å². The van der Waals surface area contributed by atoms with E-state index in [-0.39, 0.29) is 35.7 Å². The summed E-state index contributed by atoms with van der Waals surface area (Å²) in [7, 11) is 1.78. The van der Waals surface area contributed by atoms with Crippen LogP contribution in [-0.4, -0.2) is 29.3 Å². The van der Waals surface area contributed by atoms with Crippen LogP contribution in [0.4, 0.5) is 15.8 Å². The topological polar surface area (TPSA) is 75.5 Å². The van der Waals surface area contributed by atoms with Crippen molar-refractivity contribution in [1.82, 2.24) is 4.90 Å². The Morgan fingerprint density at radius 1 is 1.07 bits per heavy atom. The number of aryl methyl sites for hydroxylation is 1. The van der Waals surface area contributed by atoms with Crippen molar-refractivity contribution in [3.05, 3.63) is 105 Å². The van der Waals surface area contributed by atoms with Crippen molar-refractivity contribution in [2.24, 2.45) is 0 Å². The smallest absolute Gasteiger partial charge is 0.293 e. The number of carbonyl (C=O) groups excluding carboxylic acids is 1. The number of benzene rings is 3. The lowest BCUT2D eigenvalue weighted by Gasteiger charge is -2.28. The molecule has 0 saturated heterocycles. The molecular weight excluding hydrogens is 385 g/mol. The molecule has 3 rings (SSSR count). The van der Waals surface area contributed by atoms with Gasteiger partial charge in [-0.3, -0.25) is 19.8 Å². The number of carbonyl (C=O) groups is 1. The first-order valence-corrected chi connectivity index (χ1v) is 9.40. The molecule has 7 heteroatoms. The molecule has 0 bridgehead atoms. The minimum absolute atomic E-state index is 0.0119. The SMILES string of the molecule is Cc1ccc(NC(=O)CN(C)C(c2ccccc2)c2ccc(F)cc2)c([N+](=O)[O-])c1. The molecule has 154 valence electrons. The fraction of sp³-hybridized carbons (Fsp3) is 0.174. The lowest BCUT2D eigenvalue weighted by Crippen LogP contribution is -2.34. The minimum Gasteiger partial charge on any atom is -0.319 e. The average Bonchev–Trinajstić information content (AvgIpc) is 2.71. The molecule has 0 aliphatic rings. The molecule has 1 N–H and O–H groups in total. The highest BCUT2D eigenvalue weighted by Gasteiger charge is 2.23. The van der Waals surface area contributed by atoms with Gasteiger partial charge in [0, 0.05) is 6.07 Å². The number of hydrogen-bond acceptors (Lipinski definition) is 4. The van der Waals surface area contributed by atoms with E-state index >= 15 is 0 Å². The summed E-state index contributed by atoms with van der Waals surface area (Å²) in [6, 6.07) is 20.1. The van der Waals surface area contributed by atoms with Crippen LogP contribution in [0.3, 0.4) is 0 Å². The van der Waals surface area contributed by atoms with E-state index in [1.165, 1.54) is 24.3 Å². The minimum atomic E-state index is -0.516. The van der Waals surface area contributed by atoms with Crippen LogP contribution in [0.25, 0.3) is 0 Å².